The van der Waals surface area contributed by atoms with Gasteiger partial charge < -0.3 is 4.74 Å². The van der Waals surface area contributed by atoms with E-state index in [4.69, 9.17) is 4.74 Å². The lowest BCUT2D eigenvalue weighted by Gasteiger charge is -2.25. The van der Waals surface area contributed by atoms with Crippen molar-refractivity contribution in [1.82, 2.24) is 9.80 Å². The topological polar surface area (TPSA) is 15.7 Å². The summed E-state index contributed by atoms with van der Waals surface area (Å²) in [5.74, 6) is 0.537. The molecular weight excluding hydrogens is 255 g/mol. The molecule has 1 aromatic carbocycles. The summed E-state index contributed by atoms with van der Waals surface area (Å²) in [6, 6.07) is 7.02. The Hall–Kier alpha value is -1.13. The van der Waals surface area contributed by atoms with Gasteiger partial charge in [0.15, 0.2) is 0 Å². The molecule has 0 amide bonds. The van der Waals surface area contributed by atoms with Gasteiger partial charge in [-0.2, -0.15) is 0 Å². The minimum Gasteiger partial charge on any atom is -0.492 e. The number of nitrogens with zero attached hydrogens (tertiary/aromatic N) is 2. The Bertz CT molecular complexity index is 423. The molecule has 0 aromatic heterocycles. The number of hydrogen-bond donors (Lipinski definition) is 0. The van der Waals surface area contributed by atoms with Gasteiger partial charge in [0.05, 0.1) is 0 Å². The molecule has 1 aromatic rings. The van der Waals surface area contributed by atoms with Gasteiger partial charge in [-0.05, 0) is 63.2 Å². The first-order valence-corrected chi connectivity index (χ1v) is 7.66. The minimum absolute atomic E-state index is 0.216. The lowest BCUT2D eigenvalue weighted by atomic mass is 10.2. The van der Waals surface area contributed by atoms with E-state index in [9.17, 15) is 4.39 Å². The summed E-state index contributed by atoms with van der Waals surface area (Å²) < 4.78 is 18.5. The van der Waals surface area contributed by atoms with Crippen LogP contribution >= 0.6 is 0 Å². The van der Waals surface area contributed by atoms with Crippen LogP contribution in [-0.2, 0) is 0 Å². The molecule has 2 saturated heterocycles. The molecule has 0 bridgehead atoms. The van der Waals surface area contributed by atoms with E-state index >= 15 is 0 Å². The van der Waals surface area contributed by atoms with Crippen molar-refractivity contribution in [3.05, 3.63) is 30.1 Å². The third-order valence-electron chi connectivity index (χ3n) is 4.38. The maximum Gasteiger partial charge on any atom is 0.123 e. The van der Waals surface area contributed by atoms with Crippen LogP contribution in [0.4, 0.5) is 4.39 Å². The number of benzene rings is 1. The third-order valence-corrected chi connectivity index (χ3v) is 4.38. The highest BCUT2D eigenvalue weighted by atomic mass is 19.1. The SMILES string of the molecule is Fc1ccc(OCCN2CCCN3CCCC3C2)cc1. The highest BCUT2D eigenvalue weighted by Gasteiger charge is 2.28. The first-order valence-electron chi connectivity index (χ1n) is 7.66. The largest absolute Gasteiger partial charge is 0.492 e. The second-order valence-electron chi connectivity index (χ2n) is 5.79. The Morgan fingerprint density at radius 1 is 1.10 bits per heavy atom. The Morgan fingerprint density at radius 3 is 2.75 bits per heavy atom. The summed E-state index contributed by atoms with van der Waals surface area (Å²) in [5, 5.41) is 0. The molecule has 3 rings (SSSR count). The fourth-order valence-corrected chi connectivity index (χ4v) is 3.31. The van der Waals surface area contributed by atoms with Crippen molar-refractivity contribution in [2.75, 3.05) is 39.3 Å². The molecule has 0 radical (unpaired) electrons. The van der Waals surface area contributed by atoms with Crippen LogP contribution in [0.15, 0.2) is 24.3 Å². The van der Waals surface area contributed by atoms with Crippen LogP contribution in [0.25, 0.3) is 0 Å². The van der Waals surface area contributed by atoms with Gasteiger partial charge in [0.1, 0.15) is 18.2 Å². The van der Waals surface area contributed by atoms with Crippen LogP contribution in [0.3, 0.4) is 0 Å². The lowest BCUT2D eigenvalue weighted by molar-refractivity contribution is 0.188. The Kier molecular flexibility index (Phi) is 4.53. The fraction of sp³-hybridized carbons (Fsp3) is 0.625. The summed E-state index contributed by atoms with van der Waals surface area (Å²) in [4.78, 5) is 5.15. The van der Waals surface area contributed by atoms with Crippen LogP contribution in [0.5, 0.6) is 5.75 Å². The van der Waals surface area contributed by atoms with Crippen LogP contribution in [-0.4, -0.2) is 55.2 Å². The molecule has 1 atom stereocenters. The molecule has 2 aliphatic heterocycles. The van der Waals surface area contributed by atoms with Crippen molar-refractivity contribution >= 4 is 0 Å². The van der Waals surface area contributed by atoms with Crippen LogP contribution in [0.1, 0.15) is 19.3 Å². The number of halogens is 1. The molecule has 0 spiro atoms. The summed E-state index contributed by atoms with van der Waals surface area (Å²) >= 11 is 0. The average Bonchev–Trinajstić information content (AvgIpc) is 2.80. The smallest absolute Gasteiger partial charge is 0.123 e. The zero-order valence-corrected chi connectivity index (χ0v) is 11.9. The molecule has 20 heavy (non-hydrogen) atoms. The van der Waals surface area contributed by atoms with Crippen molar-refractivity contribution in [1.29, 1.82) is 0 Å². The quantitative estimate of drug-likeness (QED) is 0.841. The van der Waals surface area contributed by atoms with Crippen LogP contribution < -0.4 is 4.74 Å². The van der Waals surface area contributed by atoms with Crippen molar-refractivity contribution in [2.45, 2.75) is 25.3 Å². The maximum absolute atomic E-state index is 12.8. The van der Waals surface area contributed by atoms with Gasteiger partial charge in [0.2, 0.25) is 0 Å². The summed E-state index contributed by atoms with van der Waals surface area (Å²) in [5.41, 5.74) is 0. The average molecular weight is 278 g/mol. The fourth-order valence-electron chi connectivity index (χ4n) is 3.31. The second kappa shape index (κ2) is 6.55. The van der Waals surface area contributed by atoms with Crippen molar-refractivity contribution in [2.24, 2.45) is 0 Å². The summed E-state index contributed by atoms with van der Waals surface area (Å²) in [7, 11) is 0. The zero-order valence-electron chi connectivity index (χ0n) is 11.9. The van der Waals surface area contributed by atoms with Gasteiger partial charge in [-0.15, -0.1) is 0 Å². The Balaban J connectivity index is 1.44. The van der Waals surface area contributed by atoms with Gasteiger partial charge in [0, 0.05) is 19.1 Å². The molecule has 1 unspecified atom stereocenters. The Morgan fingerprint density at radius 2 is 1.90 bits per heavy atom. The van der Waals surface area contributed by atoms with Crippen molar-refractivity contribution in [3.8, 4) is 5.75 Å². The zero-order chi connectivity index (χ0) is 13.8. The summed E-state index contributed by atoms with van der Waals surface area (Å²) in [6.45, 7) is 6.51. The normalized spacial score (nSPS) is 24.4. The second-order valence-corrected chi connectivity index (χ2v) is 5.79. The molecule has 110 valence electrons. The lowest BCUT2D eigenvalue weighted by Crippen LogP contribution is -2.38. The van der Waals surface area contributed by atoms with E-state index in [-0.39, 0.29) is 5.82 Å². The van der Waals surface area contributed by atoms with E-state index in [1.54, 1.807) is 12.1 Å². The van der Waals surface area contributed by atoms with E-state index in [1.165, 1.54) is 57.6 Å². The number of rotatable bonds is 4. The van der Waals surface area contributed by atoms with E-state index in [1.807, 2.05) is 0 Å². The summed E-state index contributed by atoms with van der Waals surface area (Å²) in [6.07, 6.45) is 3.95. The van der Waals surface area contributed by atoms with Gasteiger partial charge in [-0.25, -0.2) is 4.39 Å². The number of hydrogen-bond acceptors (Lipinski definition) is 3. The first-order chi connectivity index (χ1) is 9.81. The molecule has 2 aliphatic rings. The van der Waals surface area contributed by atoms with Crippen LogP contribution in [0, 0.1) is 5.82 Å². The van der Waals surface area contributed by atoms with E-state index in [0.29, 0.717) is 6.61 Å². The molecular formula is C16H23FN2O. The predicted molar refractivity (Wildman–Crippen MR) is 77.5 cm³/mol. The van der Waals surface area contributed by atoms with Gasteiger partial charge >= 0.3 is 0 Å². The highest BCUT2D eigenvalue weighted by molar-refractivity contribution is 5.21. The molecule has 4 heteroatoms. The first kappa shape index (κ1) is 13.8. The maximum atomic E-state index is 12.8. The highest BCUT2D eigenvalue weighted by Crippen LogP contribution is 2.21. The molecule has 0 aliphatic carbocycles. The van der Waals surface area contributed by atoms with Crippen molar-refractivity contribution < 1.29 is 9.13 Å². The van der Waals surface area contributed by atoms with Gasteiger partial charge in [-0.3, -0.25) is 9.80 Å². The van der Waals surface area contributed by atoms with Gasteiger partial charge in [-0.1, -0.05) is 0 Å². The predicted octanol–water partition coefficient (Wildman–Crippen LogP) is 2.37. The van der Waals surface area contributed by atoms with E-state index in [0.717, 1.165) is 18.3 Å². The third kappa shape index (κ3) is 3.49. The number of ether oxygens (including phenoxy) is 1. The Labute approximate surface area is 120 Å². The van der Waals surface area contributed by atoms with Crippen LogP contribution in [0.2, 0.25) is 0 Å². The molecule has 2 fully saturated rings. The molecule has 0 saturated carbocycles. The molecule has 2 heterocycles. The molecule has 0 N–H and O–H groups in total. The van der Waals surface area contributed by atoms with E-state index in [2.05, 4.69) is 9.80 Å². The van der Waals surface area contributed by atoms with Crippen molar-refractivity contribution in [3.63, 3.8) is 0 Å². The van der Waals surface area contributed by atoms with Gasteiger partial charge in [0.25, 0.3) is 0 Å². The monoisotopic (exact) mass is 278 g/mol. The minimum atomic E-state index is -0.216. The standard InChI is InChI=1S/C16H23FN2O/c17-14-4-6-16(7-5-14)20-12-11-18-8-2-10-19-9-1-3-15(19)13-18/h4-7,15H,1-3,8-13H2. The van der Waals surface area contributed by atoms with E-state index < -0.39 is 0 Å². The number of fused-ring (bicyclic) bond motifs is 1. The molecule has 3 nitrogen and oxygen atoms in total.